The van der Waals surface area contributed by atoms with Gasteiger partial charge in [0.05, 0.1) is 24.5 Å². The van der Waals surface area contributed by atoms with E-state index in [1.807, 2.05) is 24.3 Å². The third-order valence-electron chi connectivity index (χ3n) is 14.7. The number of nitrogens with zero attached hydrogens (tertiary/aromatic N) is 3. The second-order valence-electron chi connectivity index (χ2n) is 18.6. The monoisotopic (exact) mass is 857 g/mol. The summed E-state index contributed by atoms with van der Waals surface area (Å²) >= 11 is 0. The van der Waals surface area contributed by atoms with Crippen molar-refractivity contribution in [2.45, 2.75) is 88.6 Å². The minimum Gasteiger partial charge on any atom is -0.508 e. The number of aliphatic hydroxyl groups excluding tert-OH is 1. The largest absolute Gasteiger partial charge is 0.508 e. The highest BCUT2D eigenvalue weighted by atomic mass is 19.1. The summed E-state index contributed by atoms with van der Waals surface area (Å²) in [5.74, 6) is 2.05. The number of nitrogens with one attached hydrogen (secondary N) is 2. The van der Waals surface area contributed by atoms with Gasteiger partial charge in [0.1, 0.15) is 29.7 Å². The predicted molar refractivity (Wildman–Crippen MR) is 242 cm³/mol. The van der Waals surface area contributed by atoms with E-state index in [0.717, 1.165) is 111 Å². The van der Waals surface area contributed by atoms with Crippen molar-refractivity contribution in [1.29, 1.82) is 0 Å². The lowest BCUT2D eigenvalue weighted by Crippen LogP contribution is -2.59. The average molecular weight is 858 g/mol. The minimum absolute atomic E-state index is 0.00507. The molecule has 0 aromatic heterocycles. The van der Waals surface area contributed by atoms with Gasteiger partial charge in [-0.15, -0.1) is 0 Å². The molecule has 7 aliphatic rings. The van der Waals surface area contributed by atoms with Crippen LogP contribution in [0.3, 0.4) is 0 Å². The van der Waals surface area contributed by atoms with Crippen molar-refractivity contribution in [3.8, 4) is 11.5 Å². The van der Waals surface area contributed by atoms with Gasteiger partial charge in [-0.25, -0.2) is 4.39 Å². The van der Waals surface area contributed by atoms with Crippen LogP contribution in [-0.4, -0.2) is 86.8 Å². The molecule has 63 heavy (non-hydrogen) atoms. The van der Waals surface area contributed by atoms with Gasteiger partial charge in [0.25, 0.3) is 5.91 Å². The molecular formula is C51H60FN5O6. The number of hydrogen-bond donors (Lipinski definition) is 3. The second-order valence-corrected chi connectivity index (χ2v) is 18.6. The van der Waals surface area contributed by atoms with Crippen LogP contribution in [0, 0.1) is 17.2 Å². The lowest BCUT2D eigenvalue weighted by Gasteiger charge is -2.54. The number of piperazine rings is 1. The van der Waals surface area contributed by atoms with Crippen LogP contribution in [0.1, 0.15) is 103 Å². The van der Waals surface area contributed by atoms with Crippen molar-refractivity contribution in [2.75, 3.05) is 62.8 Å². The Bertz CT molecular complexity index is 2280. The van der Waals surface area contributed by atoms with E-state index < -0.39 is 0 Å². The quantitative estimate of drug-likeness (QED) is 0.117. The third-order valence-corrected chi connectivity index (χ3v) is 14.7. The molecule has 3 aromatic carbocycles. The van der Waals surface area contributed by atoms with Crippen molar-refractivity contribution in [3.05, 3.63) is 119 Å². The molecule has 1 spiro atoms. The molecule has 5 heterocycles. The van der Waals surface area contributed by atoms with Gasteiger partial charge < -0.3 is 29.7 Å². The molecule has 2 aliphatic carbocycles. The van der Waals surface area contributed by atoms with Gasteiger partial charge in [-0.05, 0) is 105 Å². The molecule has 11 nitrogen and oxygen atoms in total. The Morgan fingerprint density at radius 2 is 1.76 bits per heavy atom. The number of benzene rings is 3. The smallest absolute Gasteiger partial charge is 0.252 e. The number of amides is 3. The molecule has 3 atom stereocenters. The molecule has 0 bridgehead atoms. The number of carbonyl (C=O) groups excluding carboxylic acids is 3. The number of halogens is 1. The van der Waals surface area contributed by atoms with Crippen molar-refractivity contribution in [3.63, 3.8) is 0 Å². The summed E-state index contributed by atoms with van der Waals surface area (Å²) in [4.78, 5) is 40.2. The molecule has 2 saturated carbocycles. The van der Waals surface area contributed by atoms with E-state index in [1.54, 1.807) is 19.3 Å². The van der Waals surface area contributed by atoms with E-state index in [9.17, 15) is 19.5 Å². The zero-order valence-corrected chi connectivity index (χ0v) is 36.4. The first-order chi connectivity index (χ1) is 30.6. The molecular weight excluding hydrogens is 798 g/mol. The number of anilines is 2. The number of imide groups is 1. The number of allylic oxidation sites excluding steroid dienone is 4. The number of aliphatic hydroxyl groups is 1. The van der Waals surface area contributed by atoms with Crippen LogP contribution in [-0.2, 0) is 16.1 Å². The summed E-state index contributed by atoms with van der Waals surface area (Å²) in [7, 11) is 1.69. The molecule has 5 fully saturated rings. The third kappa shape index (κ3) is 8.83. The van der Waals surface area contributed by atoms with Crippen LogP contribution in [0.5, 0.6) is 11.5 Å². The lowest BCUT2D eigenvalue weighted by atomic mass is 9.57. The molecule has 10 rings (SSSR count). The van der Waals surface area contributed by atoms with E-state index in [2.05, 4.69) is 62.2 Å². The average Bonchev–Trinajstić information content (AvgIpc) is 3.68. The standard InChI is InChI=1S/C46H53FN4O4.C5H7NO2/c1-3-34(52)13-12-32-10-7-11-35(31-8-5-4-6-9-31)43(32)37-22-39(47)41(23-42(37)54-2)50-18-16-46(17-19-50)24-30(25-46)27-49-20-21-51-33(28-49)29-55-44-38-26-48-45(53)36(38)14-15-40(44)51;7-4-2-1-3-5(8)6-4/h3-6,8-9,12-15,22-23,30,33,35,43,52H,1,7,10-11,16-21,24-29H2,2H3,(H,48,53);1-3H2,(H,6,7,8)/b32-12+,34-13+;. The van der Waals surface area contributed by atoms with Crippen LogP contribution in [0.4, 0.5) is 15.8 Å². The number of piperidine rings is 2. The van der Waals surface area contributed by atoms with E-state index >= 15 is 4.39 Å². The highest BCUT2D eigenvalue weighted by Crippen LogP contribution is 2.55. The number of hydrogen-bond acceptors (Lipinski definition) is 9. The Morgan fingerprint density at radius 1 is 0.984 bits per heavy atom. The Kier molecular flexibility index (Phi) is 12.4. The van der Waals surface area contributed by atoms with Gasteiger partial charge in [-0.1, -0.05) is 48.6 Å². The van der Waals surface area contributed by atoms with Gasteiger partial charge in [0.15, 0.2) is 0 Å². The molecule has 12 heteroatoms. The van der Waals surface area contributed by atoms with E-state index in [4.69, 9.17) is 9.47 Å². The first kappa shape index (κ1) is 42.7. The summed E-state index contributed by atoms with van der Waals surface area (Å²) < 4.78 is 28.8. The molecule has 0 radical (unpaired) electrons. The SMILES string of the molecule is C=C/C(O)=C\C=C1/CCCC(c2ccccc2)C1c1cc(F)c(N2CCC3(CC2)CC(CN2CCN4c5ccc6c(c5OCC4C2)CNC6=O)C3)cc1OC.O=C1CCCC(=O)N1. The zero-order chi connectivity index (χ0) is 43.7. The summed E-state index contributed by atoms with van der Waals surface area (Å²) in [6.45, 7) is 10.7. The van der Waals surface area contributed by atoms with Crippen LogP contribution < -0.4 is 29.9 Å². The molecule has 5 aliphatic heterocycles. The van der Waals surface area contributed by atoms with E-state index in [0.29, 0.717) is 55.5 Å². The van der Waals surface area contributed by atoms with E-state index in [1.165, 1.54) is 24.5 Å². The first-order valence-electron chi connectivity index (χ1n) is 22.9. The molecule has 3 unspecified atom stereocenters. The molecule has 3 N–H and O–H groups in total. The summed E-state index contributed by atoms with van der Waals surface area (Å²) in [6, 6.07) is 18.5. The Hall–Kier alpha value is -5.62. The summed E-state index contributed by atoms with van der Waals surface area (Å²) in [5.41, 5.74) is 7.15. The van der Waals surface area contributed by atoms with Gasteiger partial charge in [0.2, 0.25) is 11.8 Å². The van der Waals surface area contributed by atoms with Crippen molar-refractivity contribution < 1.29 is 33.4 Å². The summed E-state index contributed by atoms with van der Waals surface area (Å²) in [5, 5.41) is 15.3. The lowest BCUT2D eigenvalue weighted by molar-refractivity contribution is -0.132. The van der Waals surface area contributed by atoms with Crippen LogP contribution in [0.15, 0.2) is 90.7 Å². The maximum Gasteiger partial charge on any atom is 0.252 e. The fourth-order valence-electron chi connectivity index (χ4n) is 11.6. The van der Waals surface area contributed by atoms with Crippen molar-refractivity contribution >= 4 is 29.1 Å². The van der Waals surface area contributed by atoms with Crippen LogP contribution in [0.25, 0.3) is 0 Å². The fourth-order valence-corrected chi connectivity index (χ4v) is 11.6. The maximum absolute atomic E-state index is 16.4. The number of ether oxygens (including phenoxy) is 2. The number of fused-ring (bicyclic) bond motifs is 5. The summed E-state index contributed by atoms with van der Waals surface area (Å²) in [6.07, 6.45) is 14.4. The second kappa shape index (κ2) is 18.2. The van der Waals surface area contributed by atoms with E-state index in [-0.39, 0.29) is 41.1 Å². The fraction of sp³-hybridized carbons (Fsp3) is 0.471. The predicted octanol–water partition coefficient (Wildman–Crippen LogP) is 8.08. The van der Waals surface area contributed by atoms with Crippen molar-refractivity contribution in [1.82, 2.24) is 15.5 Å². The molecule has 3 saturated heterocycles. The molecule has 332 valence electrons. The van der Waals surface area contributed by atoms with Gasteiger partial charge in [-0.3, -0.25) is 24.6 Å². The Balaban J connectivity index is 0.000000569. The van der Waals surface area contributed by atoms with Gasteiger partial charge in [-0.2, -0.15) is 0 Å². The number of methoxy groups -OCH3 is 1. The Morgan fingerprint density at radius 3 is 2.48 bits per heavy atom. The highest BCUT2D eigenvalue weighted by Gasteiger charge is 2.47. The molecule has 3 aromatic rings. The Labute approximate surface area is 370 Å². The van der Waals surface area contributed by atoms with Gasteiger partial charge in [0, 0.05) is 87.3 Å². The molecule has 3 amide bonds. The maximum atomic E-state index is 16.4. The minimum atomic E-state index is -0.192. The number of rotatable bonds is 8. The zero-order valence-electron chi connectivity index (χ0n) is 36.4. The van der Waals surface area contributed by atoms with Crippen LogP contribution >= 0.6 is 0 Å². The number of carbonyl (C=O) groups is 3. The highest BCUT2D eigenvalue weighted by molar-refractivity contribution is 6.00. The van der Waals surface area contributed by atoms with Gasteiger partial charge >= 0.3 is 0 Å². The topological polar surface area (TPSA) is 124 Å². The first-order valence-corrected chi connectivity index (χ1v) is 22.9. The normalized spacial score (nSPS) is 25.1. The van der Waals surface area contributed by atoms with Crippen molar-refractivity contribution in [2.24, 2.45) is 11.3 Å². The van der Waals surface area contributed by atoms with Crippen LogP contribution in [0.2, 0.25) is 0 Å².